The summed E-state index contributed by atoms with van der Waals surface area (Å²) in [6, 6.07) is 7.80. The number of nitrogens with zero attached hydrogens (tertiary/aromatic N) is 3. The molecular weight excluding hydrogens is 296 g/mol. The number of carbonyl (C=O) groups excluding carboxylic acids is 1. The molecule has 1 aliphatic rings. The second-order valence-corrected chi connectivity index (χ2v) is 5.47. The largest absolute Gasteiger partial charge is 0.495 e. The van der Waals surface area contributed by atoms with Gasteiger partial charge in [0.05, 0.1) is 18.8 Å². The fourth-order valence-electron chi connectivity index (χ4n) is 2.69. The van der Waals surface area contributed by atoms with Crippen molar-refractivity contribution in [3.05, 3.63) is 30.2 Å². The average molecular weight is 316 g/mol. The van der Waals surface area contributed by atoms with Crippen molar-refractivity contribution in [2.75, 3.05) is 23.9 Å². The van der Waals surface area contributed by atoms with Crippen LogP contribution < -0.4 is 15.0 Å². The molecule has 1 aromatic carbocycles. The molecule has 1 saturated heterocycles. The Balaban J connectivity index is 1.69. The number of aryl methyl sites for hydroxylation is 1. The van der Waals surface area contributed by atoms with Crippen LogP contribution in [0.25, 0.3) is 0 Å². The number of anilines is 2. The number of benzene rings is 1. The molecule has 7 heteroatoms. The second-order valence-electron chi connectivity index (χ2n) is 5.47. The highest BCUT2D eigenvalue weighted by Crippen LogP contribution is 2.31. The topological polar surface area (TPSA) is 80.5 Å². The average Bonchev–Trinajstić information content (AvgIpc) is 3.14. The molecule has 0 radical (unpaired) electrons. The van der Waals surface area contributed by atoms with E-state index in [4.69, 9.17) is 9.15 Å². The van der Waals surface area contributed by atoms with E-state index in [2.05, 4.69) is 22.4 Å². The van der Waals surface area contributed by atoms with E-state index in [1.54, 1.807) is 12.0 Å². The van der Waals surface area contributed by atoms with Crippen molar-refractivity contribution < 1.29 is 13.9 Å². The van der Waals surface area contributed by atoms with Gasteiger partial charge in [-0.2, -0.15) is 0 Å². The summed E-state index contributed by atoms with van der Waals surface area (Å²) in [5.41, 5.74) is 0.779. The molecule has 1 fully saturated rings. The van der Waals surface area contributed by atoms with Gasteiger partial charge in [0, 0.05) is 19.4 Å². The summed E-state index contributed by atoms with van der Waals surface area (Å²) in [7, 11) is 1.60. The SMILES string of the molecule is CCCc1nnc(NC2CC(=O)N(c3ccccc3OC)C2)o1. The van der Waals surface area contributed by atoms with Gasteiger partial charge in [0.1, 0.15) is 5.75 Å². The second kappa shape index (κ2) is 6.68. The quantitative estimate of drug-likeness (QED) is 0.880. The highest BCUT2D eigenvalue weighted by atomic mass is 16.5. The number of rotatable bonds is 6. The van der Waals surface area contributed by atoms with Crippen LogP contribution in [0.2, 0.25) is 0 Å². The predicted molar refractivity (Wildman–Crippen MR) is 85.7 cm³/mol. The highest BCUT2D eigenvalue weighted by Gasteiger charge is 2.32. The summed E-state index contributed by atoms with van der Waals surface area (Å²) >= 11 is 0. The van der Waals surface area contributed by atoms with E-state index in [0.29, 0.717) is 30.6 Å². The lowest BCUT2D eigenvalue weighted by molar-refractivity contribution is -0.117. The van der Waals surface area contributed by atoms with Crippen LogP contribution in [0.5, 0.6) is 5.75 Å². The van der Waals surface area contributed by atoms with Crippen molar-refractivity contribution in [3.63, 3.8) is 0 Å². The van der Waals surface area contributed by atoms with Crippen LogP contribution in [0.15, 0.2) is 28.7 Å². The molecular formula is C16H20N4O3. The van der Waals surface area contributed by atoms with E-state index in [-0.39, 0.29) is 11.9 Å². The summed E-state index contributed by atoms with van der Waals surface area (Å²) in [5.74, 6) is 1.34. The van der Waals surface area contributed by atoms with Gasteiger partial charge in [-0.15, -0.1) is 5.10 Å². The van der Waals surface area contributed by atoms with Gasteiger partial charge in [-0.1, -0.05) is 24.2 Å². The minimum atomic E-state index is -0.0673. The lowest BCUT2D eigenvalue weighted by Gasteiger charge is -2.19. The summed E-state index contributed by atoms with van der Waals surface area (Å²) in [6.07, 6.45) is 2.08. The zero-order valence-electron chi connectivity index (χ0n) is 13.3. The Hall–Kier alpha value is -2.57. The normalized spacial score (nSPS) is 17.6. The number of hydrogen-bond donors (Lipinski definition) is 1. The first kappa shape index (κ1) is 15.3. The van der Waals surface area contributed by atoms with E-state index in [0.717, 1.165) is 18.5 Å². The molecule has 2 heterocycles. The summed E-state index contributed by atoms with van der Waals surface area (Å²) < 4.78 is 10.9. The third-order valence-electron chi connectivity index (χ3n) is 3.76. The molecule has 23 heavy (non-hydrogen) atoms. The Labute approximate surface area is 134 Å². The molecule has 1 aromatic heterocycles. The van der Waals surface area contributed by atoms with E-state index in [9.17, 15) is 4.79 Å². The number of nitrogens with one attached hydrogen (secondary N) is 1. The third-order valence-corrected chi connectivity index (χ3v) is 3.76. The smallest absolute Gasteiger partial charge is 0.315 e. The molecule has 3 rings (SSSR count). The number of amides is 1. The van der Waals surface area contributed by atoms with Gasteiger partial charge in [-0.3, -0.25) is 4.79 Å². The van der Waals surface area contributed by atoms with Crippen LogP contribution in [0.4, 0.5) is 11.7 Å². The molecule has 1 unspecified atom stereocenters. The van der Waals surface area contributed by atoms with Crippen LogP contribution in [-0.4, -0.2) is 35.8 Å². The first-order valence-electron chi connectivity index (χ1n) is 7.73. The summed E-state index contributed by atoms with van der Waals surface area (Å²) in [4.78, 5) is 14.0. The Bertz CT molecular complexity index is 685. The number of methoxy groups -OCH3 is 1. The third kappa shape index (κ3) is 3.28. The van der Waals surface area contributed by atoms with E-state index < -0.39 is 0 Å². The maximum absolute atomic E-state index is 12.3. The van der Waals surface area contributed by atoms with E-state index in [1.807, 2.05) is 24.3 Å². The van der Waals surface area contributed by atoms with Gasteiger partial charge in [0.25, 0.3) is 0 Å². The van der Waals surface area contributed by atoms with Crippen molar-refractivity contribution in [2.45, 2.75) is 32.2 Å². The van der Waals surface area contributed by atoms with Crippen molar-refractivity contribution in [3.8, 4) is 5.75 Å². The molecule has 1 aliphatic heterocycles. The number of para-hydroxylation sites is 2. The molecule has 7 nitrogen and oxygen atoms in total. The van der Waals surface area contributed by atoms with E-state index in [1.165, 1.54) is 0 Å². The highest BCUT2D eigenvalue weighted by molar-refractivity contribution is 5.97. The van der Waals surface area contributed by atoms with Crippen LogP contribution in [0.3, 0.4) is 0 Å². The standard InChI is InChI=1S/C16H20N4O3/c1-3-6-14-18-19-16(23-14)17-11-9-15(21)20(10-11)12-7-4-5-8-13(12)22-2/h4-5,7-8,11H,3,6,9-10H2,1-2H3,(H,17,19). The van der Waals surface area contributed by atoms with Crippen molar-refractivity contribution in [1.82, 2.24) is 10.2 Å². The number of ether oxygens (including phenoxy) is 1. The lowest BCUT2D eigenvalue weighted by Crippen LogP contribution is -2.28. The minimum absolute atomic E-state index is 0.0419. The first-order valence-corrected chi connectivity index (χ1v) is 7.73. The van der Waals surface area contributed by atoms with Gasteiger partial charge < -0.3 is 19.4 Å². The lowest BCUT2D eigenvalue weighted by atomic mass is 10.2. The summed E-state index contributed by atoms with van der Waals surface area (Å²) in [5, 5.41) is 11.1. The van der Waals surface area contributed by atoms with Crippen LogP contribution in [-0.2, 0) is 11.2 Å². The zero-order valence-corrected chi connectivity index (χ0v) is 13.3. The number of hydrogen-bond acceptors (Lipinski definition) is 6. The maximum Gasteiger partial charge on any atom is 0.315 e. The van der Waals surface area contributed by atoms with Crippen LogP contribution >= 0.6 is 0 Å². The molecule has 1 N–H and O–H groups in total. The number of aromatic nitrogens is 2. The maximum atomic E-state index is 12.3. The monoisotopic (exact) mass is 316 g/mol. The number of carbonyl (C=O) groups is 1. The van der Waals surface area contributed by atoms with Crippen molar-refractivity contribution in [1.29, 1.82) is 0 Å². The minimum Gasteiger partial charge on any atom is -0.495 e. The molecule has 0 aliphatic carbocycles. The molecule has 0 bridgehead atoms. The van der Waals surface area contributed by atoms with Gasteiger partial charge in [-0.05, 0) is 18.6 Å². The summed E-state index contributed by atoms with van der Waals surface area (Å²) in [6.45, 7) is 2.59. The zero-order chi connectivity index (χ0) is 16.2. The Morgan fingerprint density at radius 3 is 3.00 bits per heavy atom. The fourth-order valence-corrected chi connectivity index (χ4v) is 2.69. The molecule has 1 atom stereocenters. The van der Waals surface area contributed by atoms with Crippen molar-refractivity contribution >= 4 is 17.6 Å². The first-order chi connectivity index (χ1) is 11.2. The van der Waals surface area contributed by atoms with Gasteiger partial charge in [-0.25, -0.2) is 0 Å². The molecule has 0 saturated carbocycles. The molecule has 0 spiro atoms. The molecule has 2 aromatic rings. The van der Waals surface area contributed by atoms with Gasteiger partial charge in [0.15, 0.2) is 0 Å². The Morgan fingerprint density at radius 1 is 1.39 bits per heavy atom. The Kier molecular flexibility index (Phi) is 4.45. The molecule has 1 amide bonds. The van der Waals surface area contributed by atoms with Gasteiger partial charge in [0.2, 0.25) is 11.8 Å². The molecule has 122 valence electrons. The van der Waals surface area contributed by atoms with E-state index >= 15 is 0 Å². The Morgan fingerprint density at radius 2 is 2.22 bits per heavy atom. The van der Waals surface area contributed by atoms with Crippen molar-refractivity contribution in [2.24, 2.45) is 0 Å². The van der Waals surface area contributed by atoms with Crippen LogP contribution in [0.1, 0.15) is 25.7 Å². The predicted octanol–water partition coefficient (Wildman–Crippen LogP) is 2.25. The van der Waals surface area contributed by atoms with Gasteiger partial charge >= 0.3 is 6.01 Å². The fraction of sp³-hybridized carbons (Fsp3) is 0.438. The van der Waals surface area contributed by atoms with Crippen LogP contribution in [0, 0.1) is 0 Å².